The summed E-state index contributed by atoms with van der Waals surface area (Å²) in [5, 5.41) is 4.93. The van der Waals surface area contributed by atoms with Gasteiger partial charge in [-0.1, -0.05) is 198 Å². The Labute approximate surface area is 404 Å². The molecule has 3 aliphatic rings. The fourth-order valence-electron chi connectivity index (χ4n) is 13.2. The Morgan fingerprint density at radius 3 is 1.58 bits per heavy atom. The van der Waals surface area contributed by atoms with Crippen LogP contribution in [-0.2, 0) is 16.2 Å². The number of hydrogen-bond acceptors (Lipinski definition) is 1. The molecule has 0 N–H and O–H groups in total. The molecule has 0 aliphatic heterocycles. The number of anilines is 3. The van der Waals surface area contributed by atoms with Crippen LogP contribution in [0, 0.1) is 0 Å². The molecule has 1 aromatic heterocycles. The zero-order chi connectivity index (χ0) is 46.2. The fraction of sp³-hybridized carbons (Fsp3) is 0.104. The molecule has 0 saturated heterocycles. The molecule has 69 heavy (non-hydrogen) atoms. The fourth-order valence-corrected chi connectivity index (χ4v) is 13.2. The number of allylic oxidation sites excluding steroid dienone is 2. The summed E-state index contributed by atoms with van der Waals surface area (Å²) in [4.78, 5) is 2.53. The molecule has 11 aromatic rings. The molecule has 0 bridgehead atoms. The summed E-state index contributed by atoms with van der Waals surface area (Å²) in [6.45, 7) is 9.71. The minimum Gasteiger partial charge on any atom is -0.310 e. The summed E-state index contributed by atoms with van der Waals surface area (Å²) in [5.41, 5.74) is 22.3. The van der Waals surface area contributed by atoms with Crippen molar-refractivity contribution in [3.05, 3.63) is 275 Å². The Balaban J connectivity index is 1.02. The van der Waals surface area contributed by atoms with Crippen molar-refractivity contribution in [3.63, 3.8) is 0 Å². The zero-order valence-corrected chi connectivity index (χ0v) is 39.3. The van der Waals surface area contributed by atoms with E-state index in [0.29, 0.717) is 0 Å². The quantitative estimate of drug-likeness (QED) is 0.162. The van der Waals surface area contributed by atoms with E-state index in [9.17, 15) is 0 Å². The van der Waals surface area contributed by atoms with E-state index >= 15 is 0 Å². The standard InChI is InChI=1S/C67H50N2/c1-65(2)57-28-16-14-27-54(57)63-64(65)55-37-34-49(41-59(55)66(63,3)4)68(48-35-38-62-56(40-48)53-26-15-18-30-61(53)69(62)47-32-31-43-19-11-12-20-44(43)39-47)50-33-36-52-51-25-13-17-29-58(51)67(60(52)42-50,45-21-7-5-8-22-45)46-23-9-6-10-24-46/h5-42H,1-4H3. The van der Waals surface area contributed by atoms with Crippen LogP contribution in [0.25, 0.3) is 60.5 Å². The number of rotatable bonds is 6. The van der Waals surface area contributed by atoms with Gasteiger partial charge < -0.3 is 9.47 Å². The van der Waals surface area contributed by atoms with Crippen LogP contribution in [0.1, 0.15) is 72.2 Å². The van der Waals surface area contributed by atoms with Crippen LogP contribution in [0.2, 0.25) is 0 Å². The van der Waals surface area contributed by atoms with Gasteiger partial charge in [-0.15, -0.1) is 0 Å². The van der Waals surface area contributed by atoms with Crippen molar-refractivity contribution in [2.24, 2.45) is 0 Å². The van der Waals surface area contributed by atoms with Crippen molar-refractivity contribution in [3.8, 4) is 16.8 Å². The van der Waals surface area contributed by atoms with Gasteiger partial charge in [-0.3, -0.25) is 0 Å². The number of benzene rings is 10. The first-order valence-electron chi connectivity index (χ1n) is 24.4. The van der Waals surface area contributed by atoms with Crippen molar-refractivity contribution < 1.29 is 0 Å². The van der Waals surface area contributed by atoms with Gasteiger partial charge in [-0.2, -0.15) is 0 Å². The maximum atomic E-state index is 2.53. The molecule has 14 rings (SSSR count). The maximum absolute atomic E-state index is 2.53. The monoisotopic (exact) mass is 882 g/mol. The van der Waals surface area contributed by atoms with Crippen LogP contribution in [0.4, 0.5) is 17.1 Å². The number of fused-ring (bicyclic) bond motifs is 11. The van der Waals surface area contributed by atoms with Crippen LogP contribution >= 0.6 is 0 Å². The highest BCUT2D eigenvalue weighted by Crippen LogP contribution is 2.63. The number of aromatic nitrogens is 1. The number of para-hydroxylation sites is 1. The Morgan fingerprint density at radius 2 is 0.841 bits per heavy atom. The van der Waals surface area contributed by atoms with Crippen molar-refractivity contribution in [1.29, 1.82) is 0 Å². The lowest BCUT2D eigenvalue weighted by molar-refractivity contribution is 0.694. The second-order valence-electron chi connectivity index (χ2n) is 20.5. The SMILES string of the molecule is CC1(C)C2=C(c3ccccc31)C(C)(C)c1cc(N(c3ccc4c(c3)C(c3ccccc3)(c3ccccc3)c3ccccc3-4)c3ccc4c(c3)c3ccccc3n4-c3ccc4ccccc4c3)ccc12. The molecule has 2 nitrogen and oxygen atoms in total. The van der Waals surface area contributed by atoms with Crippen LogP contribution in [0.15, 0.2) is 231 Å². The lowest BCUT2D eigenvalue weighted by Crippen LogP contribution is -2.28. The Kier molecular flexibility index (Phi) is 8.33. The molecule has 0 atom stereocenters. The second kappa shape index (κ2) is 14.4. The van der Waals surface area contributed by atoms with Gasteiger partial charge >= 0.3 is 0 Å². The lowest BCUT2D eigenvalue weighted by atomic mass is 9.67. The highest BCUT2D eigenvalue weighted by atomic mass is 15.1. The van der Waals surface area contributed by atoms with Gasteiger partial charge in [0.1, 0.15) is 0 Å². The summed E-state index contributed by atoms with van der Waals surface area (Å²) >= 11 is 0. The van der Waals surface area contributed by atoms with Gasteiger partial charge in [0.15, 0.2) is 0 Å². The molecule has 0 unspecified atom stereocenters. The predicted molar refractivity (Wildman–Crippen MR) is 290 cm³/mol. The van der Waals surface area contributed by atoms with Crippen molar-refractivity contribution in [1.82, 2.24) is 4.57 Å². The molecule has 0 radical (unpaired) electrons. The molecule has 3 aliphatic carbocycles. The molecule has 0 saturated carbocycles. The summed E-state index contributed by atoms with van der Waals surface area (Å²) in [6, 6.07) is 86.6. The van der Waals surface area contributed by atoms with Gasteiger partial charge in [0.05, 0.1) is 16.4 Å². The van der Waals surface area contributed by atoms with Gasteiger partial charge in [0.25, 0.3) is 0 Å². The molecule has 0 fully saturated rings. The normalized spacial score (nSPS) is 15.5. The molecule has 2 heteroatoms. The minimum absolute atomic E-state index is 0.104. The molecule has 10 aromatic carbocycles. The predicted octanol–water partition coefficient (Wildman–Crippen LogP) is 17.3. The third-order valence-electron chi connectivity index (χ3n) is 16.2. The summed E-state index contributed by atoms with van der Waals surface area (Å²) in [6.07, 6.45) is 0. The molecule has 0 spiro atoms. The maximum Gasteiger partial charge on any atom is 0.0714 e. The molecule has 0 amide bonds. The number of hydrogen-bond donors (Lipinski definition) is 0. The smallest absolute Gasteiger partial charge is 0.0714 e. The van der Waals surface area contributed by atoms with E-state index in [1.54, 1.807) is 0 Å². The van der Waals surface area contributed by atoms with Crippen molar-refractivity contribution >= 4 is 60.8 Å². The Bertz CT molecular complexity index is 3920. The molecule has 328 valence electrons. The average Bonchev–Trinajstić information content (AvgIpc) is 4.05. The van der Waals surface area contributed by atoms with Crippen LogP contribution in [0.5, 0.6) is 0 Å². The first-order valence-corrected chi connectivity index (χ1v) is 24.4. The Hall–Kier alpha value is -8.20. The topological polar surface area (TPSA) is 8.17 Å². The average molecular weight is 883 g/mol. The van der Waals surface area contributed by atoms with Gasteiger partial charge in [0.2, 0.25) is 0 Å². The third-order valence-corrected chi connectivity index (χ3v) is 16.2. The van der Waals surface area contributed by atoms with Crippen LogP contribution in [0.3, 0.4) is 0 Å². The largest absolute Gasteiger partial charge is 0.310 e. The number of nitrogens with zero attached hydrogens (tertiary/aromatic N) is 2. The molecule has 1 heterocycles. The van der Waals surface area contributed by atoms with E-state index < -0.39 is 5.41 Å². The Morgan fingerprint density at radius 1 is 0.333 bits per heavy atom. The zero-order valence-electron chi connectivity index (χ0n) is 39.3. The van der Waals surface area contributed by atoms with E-state index in [1.807, 2.05) is 0 Å². The molecular weight excluding hydrogens is 833 g/mol. The van der Waals surface area contributed by atoms with Gasteiger partial charge in [-0.05, 0) is 138 Å². The first kappa shape index (κ1) is 39.9. The first-order chi connectivity index (χ1) is 33.7. The second-order valence-corrected chi connectivity index (χ2v) is 20.5. The van der Waals surface area contributed by atoms with Crippen LogP contribution in [-0.4, -0.2) is 4.57 Å². The van der Waals surface area contributed by atoms with E-state index in [2.05, 4.69) is 268 Å². The highest BCUT2D eigenvalue weighted by Gasteiger charge is 2.50. The van der Waals surface area contributed by atoms with Crippen molar-refractivity contribution in [2.45, 2.75) is 43.9 Å². The highest BCUT2D eigenvalue weighted by molar-refractivity contribution is 6.12. The summed E-state index contributed by atoms with van der Waals surface area (Å²) in [7, 11) is 0. The van der Waals surface area contributed by atoms with E-state index in [4.69, 9.17) is 0 Å². The van der Waals surface area contributed by atoms with Gasteiger partial charge in [-0.25, -0.2) is 0 Å². The molecular formula is C67H50N2. The van der Waals surface area contributed by atoms with Gasteiger partial charge in [0, 0.05) is 44.4 Å². The third kappa shape index (κ3) is 5.43. The van der Waals surface area contributed by atoms with E-state index in [-0.39, 0.29) is 10.8 Å². The minimum atomic E-state index is -0.531. The van der Waals surface area contributed by atoms with E-state index in [1.165, 1.54) is 99.4 Å². The summed E-state index contributed by atoms with van der Waals surface area (Å²) < 4.78 is 2.44. The van der Waals surface area contributed by atoms with Crippen molar-refractivity contribution in [2.75, 3.05) is 4.90 Å². The van der Waals surface area contributed by atoms with Crippen LogP contribution < -0.4 is 4.90 Å². The van der Waals surface area contributed by atoms with E-state index in [0.717, 1.165) is 22.7 Å². The summed E-state index contributed by atoms with van der Waals surface area (Å²) in [5.74, 6) is 0. The lowest BCUT2D eigenvalue weighted by Gasteiger charge is -2.35.